The van der Waals surface area contributed by atoms with Gasteiger partial charge in [0, 0.05) is 20.6 Å². The van der Waals surface area contributed by atoms with E-state index in [1.165, 1.54) is 14.2 Å². The minimum atomic E-state index is -1.27. The van der Waals surface area contributed by atoms with Crippen LogP contribution >= 0.6 is 0 Å². The molecule has 1 unspecified atom stereocenters. The van der Waals surface area contributed by atoms with Gasteiger partial charge in [0.2, 0.25) is 5.79 Å². The van der Waals surface area contributed by atoms with Crippen molar-refractivity contribution in [2.75, 3.05) is 27.4 Å². The highest BCUT2D eigenvalue weighted by atomic mass is 16.7. The molecule has 1 saturated heterocycles. The normalized spacial score (nSPS) is 31.4. The third-order valence-electron chi connectivity index (χ3n) is 2.88. The lowest BCUT2D eigenvalue weighted by molar-refractivity contribution is -0.324. The lowest BCUT2D eigenvalue weighted by atomic mass is 9.83. The summed E-state index contributed by atoms with van der Waals surface area (Å²) < 4.78 is 15.8. The highest BCUT2D eigenvalue weighted by Crippen LogP contribution is 2.38. The molecule has 0 aromatic carbocycles. The Labute approximate surface area is 84.5 Å². The topological polar surface area (TPSA) is 47.9 Å². The van der Waals surface area contributed by atoms with Gasteiger partial charge in [-0.25, -0.2) is 0 Å². The molecule has 1 fully saturated rings. The Morgan fingerprint density at radius 3 is 2.36 bits per heavy atom. The van der Waals surface area contributed by atoms with Crippen LogP contribution in [0.5, 0.6) is 0 Å². The molecule has 0 bridgehead atoms. The first kappa shape index (κ1) is 11.7. The van der Waals surface area contributed by atoms with Crippen LogP contribution in [0.4, 0.5) is 0 Å². The van der Waals surface area contributed by atoms with Crippen molar-refractivity contribution in [3.8, 4) is 0 Å². The number of rotatable bonds is 3. The van der Waals surface area contributed by atoms with Crippen molar-refractivity contribution in [3.05, 3.63) is 12.2 Å². The van der Waals surface area contributed by atoms with E-state index in [2.05, 4.69) is 6.58 Å². The lowest BCUT2D eigenvalue weighted by Crippen LogP contribution is -2.63. The number of aliphatic hydroxyl groups is 1. The average Bonchev–Trinajstić information content (AvgIpc) is 2.19. The molecule has 0 aliphatic carbocycles. The van der Waals surface area contributed by atoms with Crippen molar-refractivity contribution in [2.45, 2.75) is 24.7 Å². The first-order chi connectivity index (χ1) is 6.52. The van der Waals surface area contributed by atoms with Crippen LogP contribution in [0.3, 0.4) is 0 Å². The standard InChI is InChI=1S/C10H18O4/c1-8(2)9(11)7-14-6-5-10(9,12-3)13-4/h11H,1,5-7H2,2-4H3. The maximum Gasteiger partial charge on any atom is 0.205 e. The zero-order chi connectivity index (χ0) is 10.8. The van der Waals surface area contributed by atoms with Gasteiger partial charge in [-0.3, -0.25) is 0 Å². The summed E-state index contributed by atoms with van der Waals surface area (Å²) in [5, 5.41) is 10.4. The van der Waals surface area contributed by atoms with E-state index >= 15 is 0 Å². The van der Waals surface area contributed by atoms with Gasteiger partial charge in [0.25, 0.3) is 0 Å². The van der Waals surface area contributed by atoms with Gasteiger partial charge < -0.3 is 19.3 Å². The molecule has 0 aromatic rings. The molecule has 1 aliphatic heterocycles. The fraction of sp³-hybridized carbons (Fsp3) is 0.800. The predicted molar refractivity (Wildman–Crippen MR) is 51.9 cm³/mol. The van der Waals surface area contributed by atoms with Gasteiger partial charge in [-0.05, 0) is 12.5 Å². The quantitative estimate of drug-likeness (QED) is 0.540. The van der Waals surface area contributed by atoms with Crippen LogP contribution < -0.4 is 0 Å². The van der Waals surface area contributed by atoms with Gasteiger partial charge in [-0.15, -0.1) is 0 Å². The monoisotopic (exact) mass is 202 g/mol. The Morgan fingerprint density at radius 1 is 1.43 bits per heavy atom. The van der Waals surface area contributed by atoms with Crippen molar-refractivity contribution < 1.29 is 19.3 Å². The van der Waals surface area contributed by atoms with E-state index in [0.717, 1.165) is 0 Å². The van der Waals surface area contributed by atoms with Crippen LogP contribution in [0.15, 0.2) is 12.2 Å². The van der Waals surface area contributed by atoms with E-state index in [1.54, 1.807) is 6.92 Å². The number of ether oxygens (including phenoxy) is 3. The van der Waals surface area contributed by atoms with Crippen LogP contribution in [-0.4, -0.2) is 43.9 Å². The largest absolute Gasteiger partial charge is 0.378 e. The lowest BCUT2D eigenvalue weighted by Gasteiger charge is -2.48. The van der Waals surface area contributed by atoms with Crippen LogP contribution in [0.2, 0.25) is 0 Å². The molecule has 1 heterocycles. The molecule has 0 aromatic heterocycles. The van der Waals surface area contributed by atoms with Gasteiger partial charge in [0.1, 0.15) is 0 Å². The first-order valence-corrected chi connectivity index (χ1v) is 4.59. The van der Waals surface area contributed by atoms with Gasteiger partial charge in [-0.2, -0.15) is 0 Å². The molecule has 0 radical (unpaired) electrons. The zero-order valence-electron chi connectivity index (χ0n) is 9.00. The molecule has 4 heteroatoms. The third kappa shape index (κ3) is 1.48. The van der Waals surface area contributed by atoms with Crippen LogP contribution in [0, 0.1) is 0 Å². The van der Waals surface area contributed by atoms with Crippen molar-refractivity contribution >= 4 is 0 Å². The Kier molecular flexibility index (Phi) is 3.32. The molecule has 4 nitrogen and oxygen atoms in total. The Hall–Kier alpha value is -0.420. The molecule has 0 spiro atoms. The summed E-state index contributed by atoms with van der Waals surface area (Å²) in [5.74, 6) is -1.03. The second kappa shape index (κ2) is 3.98. The maximum atomic E-state index is 10.4. The Morgan fingerprint density at radius 2 is 2.00 bits per heavy atom. The molecular weight excluding hydrogens is 184 g/mol. The molecule has 0 saturated carbocycles. The van der Waals surface area contributed by atoms with Gasteiger partial charge >= 0.3 is 0 Å². The molecule has 1 N–H and O–H groups in total. The number of hydrogen-bond acceptors (Lipinski definition) is 4. The fourth-order valence-electron chi connectivity index (χ4n) is 1.82. The summed E-state index contributed by atoms with van der Waals surface area (Å²) in [6.45, 7) is 6.16. The predicted octanol–water partition coefficient (Wildman–Crippen LogP) is 0.703. The number of methoxy groups -OCH3 is 2. The average molecular weight is 202 g/mol. The van der Waals surface area contributed by atoms with E-state index in [4.69, 9.17) is 14.2 Å². The van der Waals surface area contributed by atoms with Crippen LogP contribution in [0.25, 0.3) is 0 Å². The van der Waals surface area contributed by atoms with E-state index in [0.29, 0.717) is 18.6 Å². The van der Waals surface area contributed by atoms with E-state index < -0.39 is 11.4 Å². The second-order valence-electron chi connectivity index (χ2n) is 3.60. The molecule has 1 atom stereocenters. The number of hydrogen-bond donors (Lipinski definition) is 1. The molecule has 1 aliphatic rings. The van der Waals surface area contributed by atoms with Gasteiger partial charge in [0.15, 0.2) is 5.60 Å². The smallest absolute Gasteiger partial charge is 0.205 e. The fourth-order valence-corrected chi connectivity index (χ4v) is 1.82. The molecular formula is C10H18O4. The Balaban J connectivity index is 3.04. The van der Waals surface area contributed by atoms with Gasteiger partial charge in [-0.1, -0.05) is 6.58 Å². The van der Waals surface area contributed by atoms with Crippen molar-refractivity contribution in [1.29, 1.82) is 0 Å². The van der Waals surface area contributed by atoms with Crippen molar-refractivity contribution in [1.82, 2.24) is 0 Å². The summed E-state index contributed by atoms with van der Waals surface area (Å²) >= 11 is 0. The minimum absolute atomic E-state index is 0.157. The summed E-state index contributed by atoms with van der Waals surface area (Å²) in [6.07, 6.45) is 0.489. The third-order valence-corrected chi connectivity index (χ3v) is 2.88. The first-order valence-electron chi connectivity index (χ1n) is 4.59. The second-order valence-corrected chi connectivity index (χ2v) is 3.60. The molecule has 1 rings (SSSR count). The van der Waals surface area contributed by atoms with Crippen molar-refractivity contribution in [3.63, 3.8) is 0 Å². The molecule has 14 heavy (non-hydrogen) atoms. The highest BCUT2D eigenvalue weighted by Gasteiger charge is 2.54. The molecule has 0 amide bonds. The summed E-state index contributed by atoms with van der Waals surface area (Å²) in [4.78, 5) is 0. The minimum Gasteiger partial charge on any atom is -0.378 e. The van der Waals surface area contributed by atoms with Crippen LogP contribution in [0.1, 0.15) is 13.3 Å². The summed E-state index contributed by atoms with van der Waals surface area (Å²) in [6, 6.07) is 0. The summed E-state index contributed by atoms with van der Waals surface area (Å²) in [5.41, 5.74) is -0.685. The van der Waals surface area contributed by atoms with Gasteiger partial charge in [0.05, 0.1) is 13.2 Å². The highest BCUT2D eigenvalue weighted by molar-refractivity contribution is 5.18. The SMILES string of the molecule is C=C(C)C1(O)COCCC1(OC)OC. The van der Waals surface area contributed by atoms with E-state index in [-0.39, 0.29) is 6.61 Å². The van der Waals surface area contributed by atoms with E-state index in [1.807, 2.05) is 0 Å². The maximum absolute atomic E-state index is 10.4. The van der Waals surface area contributed by atoms with E-state index in [9.17, 15) is 5.11 Å². The van der Waals surface area contributed by atoms with Crippen molar-refractivity contribution in [2.24, 2.45) is 0 Å². The zero-order valence-corrected chi connectivity index (χ0v) is 9.00. The summed E-state index contributed by atoms with van der Waals surface area (Å²) in [7, 11) is 3.03. The Bertz CT molecular complexity index is 222. The molecule has 82 valence electrons. The van der Waals surface area contributed by atoms with Crippen LogP contribution in [-0.2, 0) is 14.2 Å².